The topological polar surface area (TPSA) is 73.9 Å². The summed E-state index contributed by atoms with van der Waals surface area (Å²) in [4.78, 5) is 26.5. The van der Waals surface area contributed by atoms with Gasteiger partial charge in [0.05, 0.1) is 12.2 Å². The Hall–Kier alpha value is -2.80. The van der Waals surface area contributed by atoms with Crippen LogP contribution in [0.5, 0.6) is 11.5 Å². The molecular weight excluding hydrogens is 402 g/mol. The maximum atomic E-state index is 12.7. The Labute approximate surface area is 179 Å². The standard InChI is InChI=1S/C23H25NO5S/c1-3-10-27-23(26)21-16-7-4-14(2)11-19(16)30-22(21)24-20(25)9-6-15-5-8-17-18(12-15)29-13-28-17/h5-6,8-9,12,14H,3-4,7,10-11,13H2,1-2H3,(H,24,25)/b9-6-/t14-/m1/s1. The Balaban J connectivity index is 1.52. The summed E-state index contributed by atoms with van der Waals surface area (Å²) in [6.45, 7) is 4.75. The van der Waals surface area contributed by atoms with Crippen molar-refractivity contribution in [1.29, 1.82) is 0 Å². The van der Waals surface area contributed by atoms with Crippen LogP contribution >= 0.6 is 11.3 Å². The highest BCUT2D eigenvalue weighted by molar-refractivity contribution is 7.17. The quantitative estimate of drug-likeness (QED) is 0.528. The number of carbonyl (C=O) groups excluding carboxylic acids is 2. The van der Waals surface area contributed by atoms with Gasteiger partial charge in [-0.15, -0.1) is 11.3 Å². The number of rotatable bonds is 6. The van der Waals surface area contributed by atoms with Gasteiger partial charge in [-0.3, -0.25) is 4.79 Å². The smallest absolute Gasteiger partial charge is 0.341 e. The first-order valence-electron chi connectivity index (χ1n) is 10.3. The Morgan fingerprint density at radius 3 is 2.97 bits per heavy atom. The van der Waals surface area contributed by atoms with E-state index in [0.29, 0.717) is 34.6 Å². The predicted molar refractivity (Wildman–Crippen MR) is 116 cm³/mol. The van der Waals surface area contributed by atoms with Gasteiger partial charge in [-0.25, -0.2) is 4.79 Å². The van der Waals surface area contributed by atoms with Crippen LogP contribution in [0.3, 0.4) is 0 Å². The highest BCUT2D eigenvalue weighted by atomic mass is 32.1. The minimum Gasteiger partial charge on any atom is -0.462 e. The third kappa shape index (κ3) is 4.36. The van der Waals surface area contributed by atoms with Crippen molar-refractivity contribution < 1.29 is 23.8 Å². The van der Waals surface area contributed by atoms with E-state index in [2.05, 4.69) is 12.2 Å². The fraction of sp³-hybridized carbons (Fsp3) is 0.391. The molecule has 1 aliphatic carbocycles. The van der Waals surface area contributed by atoms with Crippen LogP contribution in [-0.4, -0.2) is 25.3 Å². The van der Waals surface area contributed by atoms with Crippen molar-refractivity contribution in [2.45, 2.75) is 39.5 Å². The normalized spacial score (nSPS) is 17.1. The minimum absolute atomic E-state index is 0.210. The van der Waals surface area contributed by atoms with Gasteiger partial charge in [-0.1, -0.05) is 19.9 Å². The van der Waals surface area contributed by atoms with Crippen molar-refractivity contribution in [2.75, 3.05) is 18.7 Å². The van der Waals surface area contributed by atoms with Gasteiger partial charge in [0.25, 0.3) is 0 Å². The summed E-state index contributed by atoms with van der Waals surface area (Å²) in [5.41, 5.74) is 2.39. The van der Waals surface area contributed by atoms with E-state index in [0.717, 1.165) is 36.8 Å². The van der Waals surface area contributed by atoms with E-state index in [1.165, 1.54) is 22.3 Å². The van der Waals surface area contributed by atoms with E-state index in [1.807, 2.05) is 25.1 Å². The number of nitrogens with one attached hydrogen (secondary N) is 1. The van der Waals surface area contributed by atoms with Crippen molar-refractivity contribution in [2.24, 2.45) is 5.92 Å². The molecule has 4 rings (SSSR count). The molecule has 30 heavy (non-hydrogen) atoms. The average Bonchev–Trinajstić information content (AvgIpc) is 3.33. The number of fused-ring (bicyclic) bond motifs is 2. The highest BCUT2D eigenvalue weighted by Gasteiger charge is 2.29. The van der Waals surface area contributed by atoms with E-state index in [9.17, 15) is 9.59 Å². The number of anilines is 1. The van der Waals surface area contributed by atoms with Gasteiger partial charge in [0, 0.05) is 11.0 Å². The summed E-state index contributed by atoms with van der Waals surface area (Å²) in [6.07, 6.45) is 6.73. The highest BCUT2D eigenvalue weighted by Crippen LogP contribution is 2.40. The summed E-state index contributed by atoms with van der Waals surface area (Å²) in [5, 5.41) is 3.48. The van der Waals surface area contributed by atoms with Crippen molar-refractivity contribution in [3.63, 3.8) is 0 Å². The molecule has 1 aliphatic heterocycles. The number of esters is 1. The Bertz CT molecular complexity index is 994. The lowest BCUT2D eigenvalue weighted by molar-refractivity contribution is -0.111. The molecule has 0 saturated carbocycles. The molecule has 0 spiro atoms. The van der Waals surface area contributed by atoms with Gasteiger partial charge in [-0.2, -0.15) is 0 Å². The maximum absolute atomic E-state index is 12.7. The SMILES string of the molecule is CCCOC(=O)c1c(NC(=O)/C=C\c2ccc3c(c2)OCO3)sc2c1CC[C@@H](C)C2. The van der Waals surface area contributed by atoms with Gasteiger partial charge in [0.1, 0.15) is 5.00 Å². The fourth-order valence-corrected chi connectivity index (χ4v) is 5.07. The van der Waals surface area contributed by atoms with Crippen LogP contribution in [-0.2, 0) is 22.4 Å². The van der Waals surface area contributed by atoms with Crippen molar-refractivity contribution >= 4 is 34.3 Å². The van der Waals surface area contributed by atoms with Gasteiger partial charge in [0.2, 0.25) is 12.7 Å². The van der Waals surface area contributed by atoms with Crippen molar-refractivity contribution in [3.8, 4) is 11.5 Å². The zero-order valence-electron chi connectivity index (χ0n) is 17.2. The second kappa shape index (κ2) is 8.92. The summed E-state index contributed by atoms with van der Waals surface area (Å²) in [6, 6.07) is 5.50. The molecular formula is C23H25NO5S. The summed E-state index contributed by atoms with van der Waals surface area (Å²) >= 11 is 1.49. The first-order valence-corrected chi connectivity index (χ1v) is 11.1. The number of carbonyl (C=O) groups is 2. The molecule has 1 N–H and O–H groups in total. The summed E-state index contributed by atoms with van der Waals surface area (Å²) in [7, 11) is 0. The molecule has 1 amide bonds. The van der Waals surface area contributed by atoms with Crippen LogP contribution in [0, 0.1) is 5.92 Å². The molecule has 1 aromatic carbocycles. The molecule has 0 fully saturated rings. The maximum Gasteiger partial charge on any atom is 0.341 e. The number of hydrogen-bond acceptors (Lipinski definition) is 6. The average molecular weight is 428 g/mol. The number of benzene rings is 1. The third-order valence-electron chi connectivity index (χ3n) is 5.21. The number of thiophene rings is 1. The van der Waals surface area contributed by atoms with Crippen LogP contribution < -0.4 is 14.8 Å². The molecule has 0 unspecified atom stereocenters. The second-order valence-electron chi connectivity index (χ2n) is 7.63. The zero-order valence-corrected chi connectivity index (χ0v) is 18.0. The zero-order chi connectivity index (χ0) is 21.1. The minimum atomic E-state index is -0.348. The lowest BCUT2D eigenvalue weighted by atomic mass is 9.88. The number of ether oxygens (including phenoxy) is 3. The first-order chi connectivity index (χ1) is 14.5. The van der Waals surface area contributed by atoms with E-state index < -0.39 is 0 Å². The van der Waals surface area contributed by atoms with E-state index in [-0.39, 0.29) is 18.7 Å². The molecule has 0 saturated heterocycles. The lowest BCUT2D eigenvalue weighted by Crippen LogP contribution is -2.16. The van der Waals surface area contributed by atoms with Crippen molar-refractivity contribution in [3.05, 3.63) is 45.8 Å². The van der Waals surface area contributed by atoms with Crippen LogP contribution in [0.4, 0.5) is 5.00 Å². The monoisotopic (exact) mass is 427 g/mol. The van der Waals surface area contributed by atoms with Gasteiger partial charge < -0.3 is 19.5 Å². The van der Waals surface area contributed by atoms with Crippen LogP contribution in [0.2, 0.25) is 0 Å². The Kier molecular flexibility index (Phi) is 6.08. The molecule has 2 heterocycles. The molecule has 7 heteroatoms. The predicted octanol–water partition coefficient (Wildman–Crippen LogP) is 4.82. The molecule has 2 aliphatic rings. The molecule has 158 valence electrons. The van der Waals surface area contributed by atoms with Crippen LogP contribution in [0.15, 0.2) is 24.3 Å². The summed E-state index contributed by atoms with van der Waals surface area (Å²) < 4.78 is 16.1. The molecule has 1 atom stereocenters. The molecule has 1 aromatic heterocycles. The molecule has 0 bridgehead atoms. The van der Waals surface area contributed by atoms with Crippen LogP contribution in [0.25, 0.3) is 6.08 Å². The molecule has 0 radical (unpaired) electrons. The van der Waals surface area contributed by atoms with Gasteiger partial charge in [0.15, 0.2) is 11.5 Å². The lowest BCUT2D eigenvalue weighted by Gasteiger charge is -2.18. The van der Waals surface area contributed by atoms with Crippen molar-refractivity contribution in [1.82, 2.24) is 0 Å². The Morgan fingerprint density at radius 1 is 1.30 bits per heavy atom. The molecule has 2 aromatic rings. The van der Waals surface area contributed by atoms with E-state index in [1.54, 1.807) is 6.08 Å². The fourth-order valence-electron chi connectivity index (χ4n) is 3.66. The number of hydrogen-bond donors (Lipinski definition) is 1. The summed E-state index contributed by atoms with van der Waals surface area (Å²) in [5.74, 6) is 1.30. The third-order valence-corrected chi connectivity index (χ3v) is 6.38. The van der Waals surface area contributed by atoms with Gasteiger partial charge >= 0.3 is 5.97 Å². The molecule has 6 nitrogen and oxygen atoms in total. The first kappa shape index (κ1) is 20.5. The number of amides is 1. The Morgan fingerprint density at radius 2 is 2.13 bits per heavy atom. The largest absolute Gasteiger partial charge is 0.462 e. The second-order valence-corrected chi connectivity index (χ2v) is 8.73. The van der Waals surface area contributed by atoms with Gasteiger partial charge in [-0.05, 0) is 60.9 Å². The van der Waals surface area contributed by atoms with E-state index in [4.69, 9.17) is 14.2 Å². The van der Waals surface area contributed by atoms with E-state index >= 15 is 0 Å². The van der Waals surface area contributed by atoms with Crippen LogP contribution in [0.1, 0.15) is 53.1 Å².